The Hall–Kier alpha value is -3.24. The summed E-state index contributed by atoms with van der Waals surface area (Å²) < 4.78 is 7.19. The fraction of sp³-hybridized carbons (Fsp3) is 0.185. The monoisotopic (exact) mass is 422 g/mol. The second-order valence-corrected chi connectivity index (χ2v) is 10.3. The van der Waals surface area contributed by atoms with Gasteiger partial charge in [0.25, 0.3) is 0 Å². The van der Waals surface area contributed by atoms with Crippen molar-refractivity contribution >= 4 is 53.4 Å². The van der Waals surface area contributed by atoms with E-state index in [9.17, 15) is 0 Å². The van der Waals surface area contributed by atoms with E-state index < -0.39 is 0 Å². The molecule has 152 valence electrons. The number of furan rings is 1. The van der Waals surface area contributed by atoms with Gasteiger partial charge in [0.05, 0.1) is 12.0 Å². The number of thiophene rings is 1. The van der Waals surface area contributed by atoms with E-state index in [0.29, 0.717) is 0 Å². The summed E-state index contributed by atoms with van der Waals surface area (Å²) in [6, 6.07) is 17.5. The smallest absolute Gasteiger partial charge is 0.143 e. The first-order valence-corrected chi connectivity index (χ1v) is 11.3. The van der Waals surface area contributed by atoms with E-state index in [4.69, 9.17) is 9.40 Å². The van der Waals surface area contributed by atoms with Gasteiger partial charge < -0.3 is 4.42 Å². The average Bonchev–Trinajstić information content (AvgIpc) is 3.32. The lowest BCUT2D eigenvalue weighted by Gasteiger charge is -2.22. The number of fused-ring (bicyclic) bond motifs is 6. The molecular weight excluding hydrogens is 400 g/mol. The van der Waals surface area contributed by atoms with Crippen LogP contribution in [0.3, 0.4) is 0 Å². The highest BCUT2D eigenvalue weighted by atomic mass is 32.1. The van der Waals surface area contributed by atoms with Crippen molar-refractivity contribution in [1.82, 2.24) is 9.97 Å². The topological polar surface area (TPSA) is 38.9 Å². The minimum Gasteiger partial charge on any atom is -0.463 e. The first-order valence-electron chi connectivity index (χ1n) is 10.5. The van der Waals surface area contributed by atoms with Gasteiger partial charge in [0.15, 0.2) is 0 Å². The molecule has 3 heterocycles. The molecule has 6 aromatic rings. The number of benzene rings is 3. The van der Waals surface area contributed by atoms with Crippen LogP contribution in [0, 0.1) is 6.92 Å². The predicted octanol–water partition coefficient (Wildman–Crippen LogP) is 8.02. The molecule has 0 fully saturated rings. The van der Waals surface area contributed by atoms with E-state index in [2.05, 4.69) is 81.2 Å². The number of aryl methyl sites for hydroxylation is 1. The van der Waals surface area contributed by atoms with E-state index in [-0.39, 0.29) is 5.41 Å². The molecule has 6 rings (SSSR count). The van der Waals surface area contributed by atoms with Gasteiger partial charge >= 0.3 is 0 Å². The number of rotatable bonds is 1. The normalized spacial score (nSPS) is 12.5. The lowest BCUT2D eigenvalue weighted by molar-refractivity contribution is 0.596. The van der Waals surface area contributed by atoms with Crippen molar-refractivity contribution in [2.75, 3.05) is 0 Å². The summed E-state index contributed by atoms with van der Waals surface area (Å²) in [6.45, 7) is 8.89. The van der Waals surface area contributed by atoms with Crippen LogP contribution >= 0.6 is 11.3 Å². The maximum Gasteiger partial charge on any atom is 0.143 e. The van der Waals surface area contributed by atoms with Gasteiger partial charge in [-0.05, 0) is 58.5 Å². The fourth-order valence-corrected chi connectivity index (χ4v) is 5.63. The van der Waals surface area contributed by atoms with Gasteiger partial charge in [-0.3, -0.25) is 0 Å². The summed E-state index contributed by atoms with van der Waals surface area (Å²) >= 11 is 1.70. The highest BCUT2D eigenvalue weighted by Crippen LogP contribution is 2.43. The maximum absolute atomic E-state index is 6.02. The molecule has 0 bridgehead atoms. The predicted molar refractivity (Wildman–Crippen MR) is 131 cm³/mol. The SMILES string of the molecule is Cc1coc2c1ccc1sc3ncnc(-c4cc(C(C)(C)C)c5ccccc5c4)c3c12. The summed E-state index contributed by atoms with van der Waals surface area (Å²) in [6.07, 6.45) is 3.52. The van der Waals surface area contributed by atoms with Gasteiger partial charge in [0.1, 0.15) is 16.7 Å². The van der Waals surface area contributed by atoms with Gasteiger partial charge in [-0.25, -0.2) is 9.97 Å². The van der Waals surface area contributed by atoms with Crippen LogP contribution in [0.2, 0.25) is 0 Å². The Morgan fingerprint density at radius 1 is 0.903 bits per heavy atom. The Morgan fingerprint density at radius 3 is 2.58 bits per heavy atom. The van der Waals surface area contributed by atoms with Crippen LogP contribution in [0.4, 0.5) is 0 Å². The second-order valence-electron chi connectivity index (χ2n) is 9.23. The van der Waals surface area contributed by atoms with Crippen LogP contribution < -0.4 is 0 Å². The minimum absolute atomic E-state index is 0.0177. The molecular formula is C27H22N2OS. The third kappa shape index (κ3) is 2.71. The zero-order chi connectivity index (χ0) is 21.3. The molecule has 0 saturated heterocycles. The van der Waals surface area contributed by atoms with Crippen molar-refractivity contribution < 1.29 is 4.42 Å². The zero-order valence-corrected chi connectivity index (χ0v) is 18.8. The van der Waals surface area contributed by atoms with E-state index in [1.165, 1.54) is 21.0 Å². The van der Waals surface area contributed by atoms with Crippen LogP contribution in [0.25, 0.3) is 53.3 Å². The molecule has 3 nitrogen and oxygen atoms in total. The Bertz CT molecular complexity index is 1630. The highest BCUT2D eigenvalue weighted by Gasteiger charge is 2.22. The van der Waals surface area contributed by atoms with Gasteiger partial charge in [-0.2, -0.15) is 0 Å². The van der Waals surface area contributed by atoms with E-state index in [0.717, 1.165) is 43.4 Å². The van der Waals surface area contributed by atoms with Crippen molar-refractivity contribution in [1.29, 1.82) is 0 Å². The Morgan fingerprint density at radius 2 is 1.74 bits per heavy atom. The highest BCUT2D eigenvalue weighted by molar-refractivity contribution is 7.25. The Kier molecular flexibility index (Phi) is 3.81. The largest absolute Gasteiger partial charge is 0.463 e. The van der Waals surface area contributed by atoms with Crippen molar-refractivity contribution in [2.24, 2.45) is 0 Å². The van der Waals surface area contributed by atoms with Crippen LogP contribution in [0.15, 0.2) is 65.5 Å². The molecule has 0 aliphatic heterocycles. The number of hydrogen-bond acceptors (Lipinski definition) is 4. The molecule has 0 spiro atoms. The zero-order valence-electron chi connectivity index (χ0n) is 18.0. The van der Waals surface area contributed by atoms with Crippen molar-refractivity contribution in [3.05, 3.63) is 72.2 Å². The van der Waals surface area contributed by atoms with Crippen molar-refractivity contribution in [3.8, 4) is 11.3 Å². The van der Waals surface area contributed by atoms with Crippen LogP contribution in [0.5, 0.6) is 0 Å². The third-order valence-electron chi connectivity index (χ3n) is 6.11. The lowest BCUT2D eigenvalue weighted by Crippen LogP contribution is -2.12. The minimum atomic E-state index is 0.0177. The quantitative estimate of drug-likeness (QED) is 0.269. The Labute approximate surface area is 184 Å². The fourth-order valence-electron chi connectivity index (χ4n) is 4.59. The van der Waals surface area contributed by atoms with Gasteiger partial charge in [-0.15, -0.1) is 11.3 Å². The van der Waals surface area contributed by atoms with Gasteiger partial charge in [0.2, 0.25) is 0 Å². The van der Waals surface area contributed by atoms with E-state index in [1.54, 1.807) is 17.7 Å². The molecule has 0 aliphatic rings. The summed E-state index contributed by atoms with van der Waals surface area (Å²) in [4.78, 5) is 10.4. The van der Waals surface area contributed by atoms with Crippen LogP contribution in [-0.2, 0) is 5.41 Å². The van der Waals surface area contributed by atoms with Crippen molar-refractivity contribution in [3.63, 3.8) is 0 Å². The third-order valence-corrected chi connectivity index (χ3v) is 7.17. The molecule has 0 atom stereocenters. The van der Waals surface area contributed by atoms with Crippen molar-refractivity contribution in [2.45, 2.75) is 33.1 Å². The summed E-state index contributed by atoms with van der Waals surface area (Å²) in [5.41, 5.74) is 5.50. The molecule has 0 N–H and O–H groups in total. The first kappa shape index (κ1) is 18.5. The van der Waals surface area contributed by atoms with E-state index >= 15 is 0 Å². The van der Waals surface area contributed by atoms with E-state index in [1.807, 2.05) is 6.26 Å². The van der Waals surface area contributed by atoms with Gasteiger partial charge in [-0.1, -0.05) is 45.0 Å². The summed E-state index contributed by atoms with van der Waals surface area (Å²) in [5, 5.41) is 5.87. The lowest BCUT2D eigenvalue weighted by atomic mass is 9.82. The first-order chi connectivity index (χ1) is 14.9. The molecule has 0 saturated carbocycles. The van der Waals surface area contributed by atoms with Crippen LogP contribution in [-0.4, -0.2) is 9.97 Å². The van der Waals surface area contributed by atoms with Crippen LogP contribution in [0.1, 0.15) is 31.9 Å². The molecule has 0 amide bonds. The standard InChI is InChI=1S/C27H22N2OS/c1-15-13-30-25-18(15)9-10-21-22(25)23-24(28-14-29-26(23)31-21)17-11-16-7-5-6-8-19(16)20(12-17)27(2,3)4/h5-14H,1-4H3. The Balaban J connectivity index is 1.76. The average molecular weight is 423 g/mol. The number of hydrogen-bond donors (Lipinski definition) is 0. The van der Waals surface area contributed by atoms with Gasteiger partial charge in [0, 0.05) is 26.4 Å². The summed E-state index contributed by atoms with van der Waals surface area (Å²) in [5.74, 6) is 0. The maximum atomic E-state index is 6.02. The molecule has 4 heteroatoms. The number of aromatic nitrogens is 2. The molecule has 31 heavy (non-hydrogen) atoms. The second kappa shape index (κ2) is 6.38. The summed E-state index contributed by atoms with van der Waals surface area (Å²) in [7, 11) is 0. The molecule has 3 aromatic heterocycles. The molecule has 0 radical (unpaired) electrons. The molecule has 3 aromatic carbocycles. The number of nitrogens with zero attached hydrogens (tertiary/aromatic N) is 2. The molecule has 0 aliphatic carbocycles. The molecule has 0 unspecified atom stereocenters.